The number of halogens is 4. The predicted octanol–water partition coefficient (Wildman–Crippen LogP) is 4.94. The molecule has 0 saturated carbocycles. The second-order valence-electron chi connectivity index (χ2n) is 6.31. The average Bonchev–Trinajstić information content (AvgIpc) is 2.58. The number of nitrogens with one attached hydrogen (secondary N) is 1. The van der Waals surface area contributed by atoms with Crippen LogP contribution in [0.25, 0.3) is 10.9 Å². The number of carbonyl (C=O) groups excluding carboxylic acids is 1. The van der Waals surface area contributed by atoms with Gasteiger partial charge in [-0.05, 0) is 49.2 Å². The molecular formula is C20H16F4N2O. The number of benzene rings is 2. The number of para-hydroxylation sites is 1. The SMILES string of the molecule is Cc1cc(C(=O)NCc2cc(F)cc(C(F)(F)F)c2)c2cccc(C)c2n1. The molecule has 140 valence electrons. The molecule has 3 aromatic rings. The first-order valence-electron chi connectivity index (χ1n) is 8.17. The number of aromatic nitrogens is 1. The number of fused-ring (bicyclic) bond motifs is 1. The largest absolute Gasteiger partial charge is 0.416 e. The van der Waals surface area contributed by atoms with E-state index in [-0.39, 0.29) is 12.1 Å². The molecule has 1 aromatic heterocycles. The van der Waals surface area contributed by atoms with Crippen molar-refractivity contribution in [3.05, 3.63) is 76.2 Å². The summed E-state index contributed by atoms with van der Waals surface area (Å²) in [6, 6.07) is 9.26. The van der Waals surface area contributed by atoms with E-state index >= 15 is 0 Å². The van der Waals surface area contributed by atoms with Crippen LogP contribution in [0.2, 0.25) is 0 Å². The van der Waals surface area contributed by atoms with Gasteiger partial charge in [0.15, 0.2) is 0 Å². The number of nitrogens with zero attached hydrogens (tertiary/aromatic N) is 1. The van der Waals surface area contributed by atoms with Gasteiger partial charge < -0.3 is 5.32 Å². The van der Waals surface area contributed by atoms with Gasteiger partial charge in [0.05, 0.1) is 16.6 Å². The molecule has 0 saturated heterocycles. The minimum atomic E-state index is -4.66. The van der Waals surface area contributed by atoms with Crippen LogP contribution in [0.4, 0.5) is 17.6 Å². The maximum atomic E-state index is 13.5. The lowest BCUT2D eigenvalue weighted by Crippen LogP contribution is -2.23. The standard InChI is InChI=1S/C20H16F4N2O/c1-11-4-3-5-16-17(6-12(2)26-18(11)16)19(27)25-10-13-7-14(20(22,23)24)9-15(21)8-13/h3-9H,10H2,1-2H3,(H,25,27). The van der Waals surface area contributed by atoms with Crippen molar-refractivity contribution in [3.8, 4) is 0 Å². The summed E-state index contributed by atoms with van der Waals surface area (Å²) < 4.78 is 51.9. The lowest BCUT2D eigenvalue weighted by atomic mass is 10.0. The van der Waals surface area contributed by atoms with Crippen LogP contribution in [0.15, 0.2) is 42.5 Å². The summed E-state index contributed by atoms with van der Waals surface area (Å²) in [5.41, 5.74) is 1.55. The number of amides is 1. The van der Waals surface area contributed by atoms with Gasteiger partial charge in [0.2, 0.25) is 0 Å². The van der Waals surface area contributed by atoms with E-state index in [0.29, 0.717) is 28.2 Å². The van der Waals surface area contributed by atoms with Crippen LogP contribution in [-0.2, 0) is 12.7 Å². The number of alkyl halides is 3. The molecule has 1 amide bonds. The fourth-order valence-electron chi connectivity index (χ4n) is 2.90. The third-order valence-corrected chi connectivity index (χ3v) is 4.15. The van der Waals surface area contributed by atoms with Crippen molar-refractivity contribution >= 4 is 16.8 Å². The summed E-state index contributed by atoms with van der Waals surface area (Å²) in [6.07, 6.45) is -4.66. The Morgan fingerprint density at radius 2 is 1.85 bits per heavy atom. The molecule has 0 atom stereocenters. The topological polar surface area (TPSA) is 42.0 Å². The fourth-order valence-corrected chi connectivity index (χ4v) is 2.90. The minimum Gasteiger partial charge on any atom is -0.348 e. The monoisotopic (exact) mass is 376 g/mol. The zero-order valence-electron chi connectivity index (χ0n) is 14.6. The van der Waals surface area contributed by atoms with Crippen molar-refractivity contribution in [2.75, 3.05) is 0 Å². The molecule has 2 aromatic carbocycles. The summed E-state index contributed by atoms with van der Waals surface area (Å²) in [5, 5.41) is 3.21. The van der Waals surface area contributed by atoms with Crippen LogP contribution >= 0.6 is 0 Å². The normalized spacial score (nSPS) is 11.6. The van der Waals surface area contributed by atoms with E-state index in [4.69, 9.17) is 0 Å². The Hall–Kier alpha value is -2.96. The van der Waals surface area contributed by atoms with E-state index in [1.54, 1.807) is 25.1 Å². The Labute approximate surface area is 153 Å². The Kier molecular flexibility index (Phi) is 4.87. The van der Waals surface area contributed by atoms with Crippen LogP contribution in [0.3, 0.4) is 0 Å². The average molecular weight is 376 g/mol. The predicted molar refractivity (Wildman–Crippen MR) is 93.8 cm³/mol. The summed E-state index contributed by atoms with van der Waals surface area (Å²) >= 11 is 0. The zero-order chi connectivity index (χ0) is 19.8. The summed E-state index contributed by atoms with van der Waals surface area (Å²) in [7, 11) is 0. The minimum absolute atomic E-state index is 0.0296. The van der Waals surface area contributed by atoms with Gasteiger partial charge in [0, 0.05) is 17.6 Å². The van der Waals surface area contributed by atoms with Crippen molar-refractivity contribution in [3.63, 3.8) is 0 Å². The molecule has 1 N–H and O–H groups in total. The molecule has 0 radical (unpaired) electrons. The van der Waals surface area contributed by atoms with Crippen LogP contribution in [0, 0.1) is 19.7 Å². The van der Waals surface area contributed by atoms with Gasteiger partial charge in [-0.1, -0.05) is 18.2 Å². The number of rotatable bonds is 3. The summed E-state index contributed by atoms with van der Waals surface area (Å²) in [4.78, 5) is 17.0. The molecule has 0 aliphatic heterocycles. The van der Waals surface area contributed by atoms with E-state index in [9.17, 15) is 22.4 Å². The molecule has 3 rings (SSSR count). The lowest BCUT2D eigenvalue weighted by molar-refractivity contribution is -0.137. The molecule has 0 aliphatic rings. The first kappa shape index (κ1) is 18.8. The zero-order valence-corrected chi connectivity index (χ0v) is 14.6. The maximum absolute atomic E-state index is 13.5. The lowest BCUT2D eigenvalue weighted by Gasteiger charge is -2.12. The Morgan fingerprint density at radius 3 is 2.56 bits per heavy atom. The van der Waals surface area contributed by atoms with Gasteiger partial charge in [0.1, 0.15) is 5.82 Å². The van der Waals surface area contributed by atoms with Crippen LogP contribution in [0.1, 0.15) is 32.7 Å². The first-order chi connectivity index (χ1) is 12.6. The van der Waals surface area contributed by atoms with Gasteiger partial charge in [-0.15, -0.1) is 0 Å². The molecule has 0 aliphatic carbocycles. The summed E-state index contributed by atoms with van der Waals surface area (Å²) in [6.45, 7) is 3.40. The molecule has 0 spiro atoms. The summed E-state index contributed by atoms with van der Waals surface area (Å²) in [5.74, 6) is -1.47. The van der Waals surface area contributed by atoms with Crippen LogP contribution in [0.5, 0.6) is 0 Å². The first-order valence-corrected chi connectivity index (χ1v) is 8.17. The van der Waals surface area contributed by atoms with Crippen LogP contribution < -0.4 is 5.32 Å². The molecule has 3 nitrogen and oxygen atoms in total. The Bertz CT molecular complexity index is 1030. The van der Waals surface area contributed by atoms with E-state index in [2.05, 4.69) is 10.3 Å². The van der Waals surface area contributed by atoms with E-state index in [1.807, 2.05) is 13.0 Å². The van der Waals surface area contributed by atoms with E-state index in [1.165, 1.54) is 0 Å². The molecule has 0 bridgehead atoms. The third-order valence-electron chi connectivity index (χ3n) is 4.15. The van der Waals surface area contributed by atoms with Crippen molar-refractivity contribution in [2.45, 2.75) is 26.6 Å². The van der Waals surface area contributed by atoms with Crippen molar-refractivity contribution < 1.29 is 22.4 Å². The van der Waals surface area contributed by atoms with Gasteiger partial charge in [-0.25, -0.2) is 4.39 Å². The number of hydrogen-bond acceptors (Lipinski definition) is 2. The van der Waals surface area contributed by atoms with Gasteiger partial charge >= 0.3 is 6.18 Å². The Balaban J connectivity index is 1.88. The highest BCUT2D eigenvalue weighted by atomic mass is 19.4. The second kappa shape index (κ2) is 6.98. The van der Waals surface area contributed by atoms with Crippen LogP contribution in [-0.4, -0.2) is 10.9 Å². The number of carbonyl (C=O) groups is 1. The third kappa shape index (κ3) is 4.07. The highest BCUT2D eigenvalue weighted by molar-refractivity contribution is 6.06. The van der Waals surface area contributed by atoms with E-state index in [0.717, 1.165) is 17.7 Å². The second-order valence-corrected chi connectivity index (χ2v) is 6.31. The molecule has 27 heavy (non-hydrogen) atoms. The van der Waals surface area contributed by atoms with Gasteiger partial charge in [-0.2, -0.15) is 13.2 Å². The molecule has 0 unspecified atom stereocenters. The number of hydrogen-bond donors (Lipinski definition) is 1. The molecular weight excluding hydrogens is 360 g/mol. The number of pyridine rings is 1. The number of aryl methyl sites for hydroxylation is 2. The Morgan fingerprint density at radius 1 is 1.11 bits per heavy atom. The fraction of sp³-hybridized carbons (Fsp3) is 0.200. The van der Waals surface area contributed by atoms with Crippen molar-refractivity contribution in [1.82, 2.24) is 10.3 Å². The van der Waals surface area contributed by atoms with Gasteiger partial charge in [-0.3, -0.25) is 9.78 Å². The highest BCUT2D eigenvalue weighted by Crippen LogP contribution is 2.30. The molecule has 7 heteroatoms. The van der Waals surface area contributed by atoms with Gasteiger partial charge in [0.25, 0.3) is 5.91 Å². The molecule has 0 fully saturated rings. The maximum Gasteiger partial charge on any atom is 0.416 e. The molecule has 1 heterocycles. The quantitative estimate of drug-likeness (QED) is 0.658. The van der Waals surface area contributed by atoms with Crippen molar-refractivity contribution in [1.29, 1.82) is 0 Å². The highest BCUT2D eigenvalue weighted by Gasteiger charge is 2.31. The van der Waals surface area contributed by atoms with E-state index < -0.39 is 23.5 Å². The van der Waals surface area contributed by atoms with Crippen molar-refractivity contribution in [2.24, 2.45) is 0 Å². The smallest absolute Gasteiger partial charge is 0.348 e.